The van der Waals surface area contributed by atoms with Crippen LogP contribution < -0.4 is 0 Å². The Labute approximate surface area is 188 Å². The van der Waals surface area contributed by atoms with E-state index in [-0.39, 0.29) is 30.3 Å². The first-order valence-electron chi connectivity index (χ1n) is 11.5. The lowest BCUT2D eigenvalue weighted by Crippen LogP contribution is -2.43. The molecule has 168 valence electrons. The number of aromatic nitrogens is 1. The number of rotatable bonds is 4. The van der Waals surface area contributed by atoms with Crippen molar-refractivity contribution in [2.24, 2.45) is 17.8 Å². The molecule has 0 bridgehead atoms. The lowest BCUT2D eigenvalue weighted by Gasteiger charge is -2.36. The van der Waals surface area contributed by atoms with Gasteiger partial charge in [0.15, 0.2) is 11.5 Å². The monoisotopic (exact) mass is 434 g/mol. The molecule has 4 unspecified atom stereocenters. The van der Waals surface area contributed by atoms with Gasteiger partial charge in [-0.2, -0.15) is 0 Å². The largest absolute Gasteiger partial charge is 0.508 e. The Morgan fingerprint density at radius 3 is 2.78 bits per heavy atom. The number of nitrogens with zero attached hydrogens (tertiary/aromatic N) is 2. The van der Waals surface area contributed by atoms with E-state index in [0.717, 1.165) is 53.9 Å². The second-order valence-electron chi connectivity index (χ2n) is 9.53. The molecule has 3 heterocycles. The van der Waals surface area contributed by atoms with Crippen molar-refractivity contribution in [3.05, 3.63) is 59.7 Å². The SMILES string of the molecule is CC1CC(C)CN(C(=O)CC(c2c(O)ccc3cccnc23)C2C=C3OCOC3=CC2)C1. The van der Waals surface area contributed by atoms with E-state index in [4.69, 9.17) is 9.47 Å². The lowest BCUT2D eigenvalue weighted by atomic mass is 9.78. The zero-order chi connectivity index (χ0) is 22.2. The third-order valence-electron chi connectivity index (χ3n) is 6.91. The first kappa shape index (κ1) is 20.9. The van der Waals surface area contributed by atoms with Crippen molar-refractivity contribution in [2.75, 3.05) is 19.9 Å². The summed E-state index contributed by atoms with van der Waals surface area (Å²) in [5.41, 5.74) is 1.50. The molecule has 4 atom stereocenters. The summed E-state index contributed by atoms with van der Waals surface area (Å²) in [7, 11) is 0. The van der Waals surface area contributed by atoms with Gasteiger partial charge in [-0.3, -0.25) is 9.78 Å². The summed E-state index contributed by atoms with van der Waals surface area (Å²) in [4.78, 5) is 20.1. The Morgan fingerprint density at radius 1 is 1.19 bits per heavy atom. The molecular weight excluding hydrogens is 404 g/mol. The molecule has 32 heavy (non-hydrogen) atoms. The number of allylic oxidation sites excluding steroid dienone is 2. The third-order valence-corrected chi connectivity index (χ3v) is 6.91. The number of benzene rings is 1. The van der Waals surface area contributed by atoms with Crippen LogP contribution in [0.1, 0.15) is 44.6 Å². The van der Waals surface area contributed by atoms with Gasteiger partial charge in [0, 0.05) is 42.6 Å². The van der Waals surface area contributed by atoms with Crippen molar-refractivity contribution in [1.29, 1.82) is 0 Å². The molecule has 2 aliphatic heterocycles. The molecule has 0 saturated carbocycles. The molecule has 2 aromatic rings. The number of phenolic OH excluding ortho intramolecular Hbond substituents is 1. The predicted molar refractivity (Wildman–Crippen MR) is 122 cm³/mol. The summed E-state index contributed by atoms with van der Waals surface area (Å²) in [6.07, 6.45) is 8.02. The fraction of sp³-hybridized carbons (Fsp3) is 0.462. The maximum absolute atomic E-state index is 13.5. The number of piperidine rings is 1. The van der Waals surface area contributed by atoms with Crippen molar-refractivity contribution in [3.63, 3.8) is 0 Å². The zero-order valence-electron chi connectivity index (χ0n) is 18.7. The molecule has 3 aliphatic rings. The van der Waals surface area contributed by atoms with Crippen LogP contribution in [0, 0.1) is 17.8 Å². The second kappa shape index (κ2) is 8.49. The molecule has 1 aromatic heterocycles. The van der Waals surface area contributed by atoms with Crippen LogP contribution >= 0.6 is 0 Å². The Kier molecular flexibility index (Phi) is 5.53. The number of hydrogen-bond donors (Lipinski definition) is 1. The quantitative estimate of drug-likeness (QED) is 0.755. The van der Waals surface area contributed by atoms with E-state index in [9.17, 15) is 9.90 Å². The van der Waals surface area contributed by atoms with E-state index in [1.807, 2.05) is 29.2 Å². The number of carbonyl (C=O) groups excluding carboxylic acids is 1. The fourth-order valence-corrected chi connectivity index (χ4v) is 5.55. The van der Waals surface area contributed by atoms with Crippen LogP contribution in [0.25, 0.3) is 10.9 Å². The summed E-state index contributed by atoms with van der Waals surface area (Å²) in [5.74, 6) is 2.60. The first-order valence-corrected chi connectivity index (χ1v) is 11.5. The molecule has 1 aromatic carbocycles. The Hall–Kier alpha value is -3.02. The molecule has 0 spiro atoms. The van der Waals surface area contributed by atoms with Gasteiger partial charge in [0.1, 0.15) is 5.75 Å². The predicted octanol–water partition coefficient (Wildman–Crippen LogP) is 4.71. The molecule has 6 heteroatoms. The summed E-state index contributed by atoms with van der Waals surface area (Å²) in [5, 5.41) is 11.9. The number of aromatic hydroxyl groups is 1. The molecule has 2 saturated heterocycles. The van der Waals surface area contributed by atoms with Gasteiger partial charge in [-0.25, -0.2) is 0 Å². The summed E-state index contributed by atoms with van der Waals surface area (Å²) >= 11 is 0. The van der Waals surface area contributed by atoms with Gasteiger partial charge in [0.2, 0.25) is 12.7 Å². The summed E-state index contributed by atoms with van der Waals surface area (Å²) in [6.45, 7) is 6.23. The highest BCUT2D eigenvalue weighted by Gasteiger charge is 2.35. The summed E-state index contributed by atoms with van der Waals surface area (Å²) in [6, 6.07) is 7.47. The maximum Gasteiger partial charge on any atom is 0.231 e. The second-order valence-corrected chi connectivity index (χ2v) is 9.53. The first-order chi connectivity index (χ1) is 15.5. The van der Waals surface area contributed by atoms with Gasteiger partial charge in [-0.1, -0.05) is 19.9 Å². The van der Waals surface area contributed by atoms with Crippen LogP contribution in [0.5, 0.6) is 5.75 Å². The van der Waals surface area contributed by atoms with E-state index in [1.165, 1.54) is 0 Å². The molecule has 1 amide bonds. The molecule has 2 fully saturated rings. The smallest absolute Gasteiger partial charge is 0.231 e. The minimum absolute atomic E-state index is 0.00227. The summed E-state index contributed by atoms with van der Waals surface area (Å²) < 4.78 is 11.2. The van der Waals surface area contributed by atoms with Crippen molar-refractivity contribution < 1.29 is 19.4 Å². The van der Waals surface area contributed by atoms with Crippen LogP contribution in [-0.4, -0.2) is 40.8 Å². The number of amides is 1. The molecular formula is C26H30N2O4. The highest BCUT2D eigenvalue weighted by molar-refractivity contribution is 5.86. The van der Waals surface area contributed by atoms with Crippen molar-refractivity contribution in [1.82, 2.24) is 9.88 Å². The normalized spacial score (nSPS) is 25.9. The zero-order valence-corrected chi connectivity index (χ0v) is 18.7. The number of hydrogen-bond acceptors (Lipinski definition) is 5. The molecule has 1 N–H and O–H groups in total. The number of pyridine rings is 1. The Bertz CT molecular complexity index is 1080. The van der Waals surface area contributed by atoms with E-state index in [2.05, 4.69) is 24.9 Å². The van der Waals surface area contributed by atoms with Crippen LogP contribution in [0.2, 0.25) is 0 Å². The van der Waals surface area contributed by atoms with Crippen LogP contribution in [0.4, 0.5) is 0 Å². The van der Waals surface area contributed by atoms with Gasteiger partial charge >= 0.3 is 0 Å². The van der Waals surface area contributed by atoms with E-state index in [1.54, 1.807) is 12.3 Å². The Morgan fingerprint density at radius 2 is 1.97 bits per heavy atom. The topological polar surface area (TPSA) is 71.9 Å². The van der Waals surface area contributed by atoms with Gasteiger partial charge in [-0.05, 0) is 60.9 Å². The third kappa shape index (κ3) is 3.94. The van der Waals surface area contributed by atoms with E-state index in [0.29, 0.717) is 18.3 Å². The van der Waals surface area contributed by atoms with Crippen LogP contribution in [0.3, 0.4) is 0 Å². The van der Waals surface area contributed by atoms with Gasteiger partial charge in [-0.15, -0.1) is 0 Å². The molecule has 0 radical (unpaired) electrons. The van der Waals surface area contributed by atoms with Gasteiger partial charge in [0.05, 0.1) is 5.52 Å². The number of fused-ring (bicyclic) bond motifs is 2. The number of carbonyl (C=O) groups is 1. The Balaban J connectivity index is 1.53. The van der Waals surface area contributed by atoms with Crippen molar-refractivity contribution in [3.8, 4) is 5.75 Å². The molecule has 6 nitrogen and oxygen atoms in total. The number of phenols is 1. The number of ether oxygens (including phenoxy) is 2. The highest BCUT2D eigenvalue weighted by Crippen LogP contribution is 2.44. The van der Waals surface area contributed by atoms with E-state index < -0.39 is 0 Å². The highest BCUT2D eigenvalue weighted by atomic mass is 16.7. The van der Waals surface area contributed by atoms with E-state index >= 15 is 0 Å². The molecule has 5 rings (SSSR count). The van der Waals surface area contributed by atoms with Crippen LogP contribution in [0.15, 0.2) is 54.1 Å². The average Bonchev–Trinajstić information content (AvgIpc) is 3.25. The van der Waals surface area contributed by atoms with Gasteiger partial charge < -0.3 is 19.5 Å². The van der Waals surface area contributed by atoms with Gasteiger partial charge in [0.25, 0.3) is 0 Å². The minimum Gasteiger partial charge on any atom is -0.508 e. The van der Waals surface area contributed by atoms with Crippen molar-refractivity contribution >= 4 is 16.8 Å². The van der Waals surface area contributed by atoms with Crippen LogP contribution in [-0.2, 0) is 14.3 Å². The maximum atomic E-state index is 13.5. The molecule has 1 aliphatic carbocycles. The lowest BCUT2D eigenvalue weighted by molar-refractivity contribution is -0.134. The fourth-order valence-electron chi connectivity index (χ4n) is 5.55. The standard InChI is InChI=1S/C26H30N2O4/c1-16-10-17(2)14-28(13-16)24(30)12-20(19-6-8-22-23(11-19)32-15-31-22)25-21(29)7-5-18-4-3-9-27-26(18)25/h3-5,7-9,11,16-17,19-20,29H,6,10,12-15H2,1-2H3. The van der Waals surface area contributed by atoms with Crippen molar-refractivity contribution in [2.45, 2.75) is 39.0 Å². The number of likely N-dealkylation sites (tertiary alicyclic amines) is 1. The average molecular weight is 435 g/mol. The minimum atomic E-state index is -0.219.